The van der Waals surface area contributed by atoms with Gasteiger partial charge in [-0.05, 0) is 37.3 Å². The summed E-state index contributed by atoms with van der Waals surface area (Å²) in [4.78, 5) is 14.7. The van der Waals surface area contributed by atoms with Crippen LogP contribution in [-0.2, 0) is 18.3 Å². The van der Waals surface area contributed by atoms with Gasteiger partial charge in [0.1, 0.15) is 11.5 Å². The molecule has 4 rings (SSSR count). The number of carbonyl (C=O) groups is 1. The molecular formula is C19H25N3O2. The predicted octanol–water partition coefficient (Wildman–Crippen LogP) is 3.43. The van der Waals surface area contributed by atoms with E-state index in [-0.39, 0.29) is 11.9 Å². The highest BCUT2D eigenvalue weighted by atomic mass is 16.3. The zero-order valence-corrected chi connectivity index (χ0v) is 14.4. The molecule has 5 nitrogen and oxygen atoms in total. The average molecular weight is 327 g/mol. The maximum atomic E-state index is 12.7. The van der Waals surface area contributed by atoms with Gasteiger partial charge in [0.15, 0.2) is 0 Å². The Kier molecular flexibility index (Phi) is 3.94. The summed E-state index contributed by atoms with van der Waals surface area (Å²) in [5, 5.41) is 4.24. The first-order chi connectivity index (χ1) is 11.6. The zero-order valence-electron chi connectivity index (χ0n) is 14.4. The van der Waals surface area contributed by atoms with Crippen molar-refractivity contribution in [3.05, 3.63) is 41.6 Å². The number of furan rings is 1. The molecule has 1 aliphatic carbocycles. The monoisotopic (exact) mass is 327 g/mol. The normalized spacial score (nSPS) is 26.1. The van der Waals surface area contributed by atoms with E-state index in [0.717, 1.165) is 42.4 Å². The Hall–Kier alpha value is -2.04. The number of hydrogen-bond donors (Lipinski definition) is 0. The summed E-state index contributed by atoms with van der Waals surface area (Å²) < 4.78 is 7.73. The zero-order chi connectivity index (χ0) is 16.7. The largest absolute Gasteiger partial charge is 0.466 e. The smallest absolute Gasteiger partial charge is 0.223 e. The third-order valence-corrected chi connectivity index (χ3v) is 5.43. The van der Waals surface area contributed by atoms with E-state index in [4.69, 9.17) is 4.42 Å². The SMILES string of the molecule is C[C@@H]1C[C@@H]1c1ccc(CCC(=O)N2CCC[C@H]2c2cnn(C)c2)o1. The van der Waals surface area contributed by atoms with Crippen molar-refractivity contribution in [2.24, 2.45) is 13.0 Å². The van der Waals surface area contributed by atoms with Crippen molar-refractivity contribution in [2.75, 3.05) is 6.54 Å². The fourth-order valence-corrected chi connectivity index (χ4v) is 3.84. The second kappa shape index (κ2) is 6.11. The number of aryl methyl sites for hydroxylation is 2. The van der Waals surface area contributed by atoms with E-state index in [9.17, 15) is 4.79 Å². The lowest BCUT2D eigenvalue weighted by Gasteiger charge is -2.23. The van der Waals surface area contributed by atoms with Crippen LogP contribution < -0.4 is 0 Å². The van der Waals surface area contributed by atoms with E-state index in [1.165, 1.54) is 6.42 Å². The van der Waals surface area contributed by atoms with Gasteiger partial charge < -0.3 is 9.32 Å². The van der Waals surface area contributed by atoms with Crippen LogP contribution in [0.3, 0.4) is 0 Å². The Morgan fingerprint density at radius 2 is 2.25 bits per heavy atom. The molecule has 2 aromatic rings. The summed E-state index contributed by atoms with van der Waals surface area (Å²) in [6.07, 6.45) is 8.43. The van der Waals surface area contributed by atoms with E-state index >= 15 is 0 Å². The van der Waals surface area contributed by atoms with Crippen LogP contribution >= 0.6 is 0 Å². The fourth-order valence-electron chi connectivity index (χ4n) is 3.84. The van der Waals surface area contributed by atoms with Crippen molar-refractivity contribution in [3.63, 3.8) is 0 Å². The van der Waals surface area contributed by atoms with Crippen LogP contribution in [0.5, 0.6) is 0 Å². The molecule has 2 aromatic heterocycles. The summed E-state index contributed by atoms with van der Waals surface area (Å²) in [6, 6.07) is 4.31. The van der Waals surface area contributed by atoms with Crippen LogP contribution in [0.1, 0.15) is 61.7 Å². The molecule has 2 aliphatic rings. The van der Waals surface area contributed by atoms with Gasteiger partial charge in [-0.25, -0.2) is 0 Å². The molecule has 24 heavy (non-hydrogen) atoms. The molecule has 3 heterocycles. The van der Waals surface area contributed by atoms with Gasteiger partial charge in [-0.3, -0.25) is 9.48 Å². The minimum Gasteiger partial charge on any atom is -0.466 e. The lowest BCUT2D eigenvalue weighted by molar-refractivity contribution is -0.132. The van der Waals surface area contributed by atoms with Gasteiger partial charge in [-0.15, -0.1) is 0 Å². The minimum atomic E-state index is 0.186. The van der Waals surface area contributed by atoms with Crippen molar-refractivity contribution in [1.82, 2.24) is 14.7 Å². The van der Waals surface area contributed by atoms with Crippen LogP contribution in [0.25, 0.3) is 0 Å². The van der Waals surface area contributed by atoms with E-state index < -0.39 is 0 Å². The van der Waals surface area contributed by atoms with Crippen LogP contribution in [0.15, 0.2) is 28.9 Å². The number of hydrogen-bond acceptors (Lipinski definition) is 3. The van der Waals surface area contributed by atoms with Gasteiger partial charge in [0.2, 0.25) is 5.91 Å². The van der Waals surface area contributed by atoms with Crippen LogP contribution in [0.2, 0.25) is 0 Å². The Bertz CT molecular complexity index is 733. The first kappa shape index (κ1) is 15.5. The number of likely N-dealkylation sites (tertiary alicyclic amines) is 1. The van der Waals surface area contributed by atoms with Gasteiger partial charge in [0.25, 0.3) is 0 Å². The number of carbonyl (C=O) groups excluding carboxylic acids is 1. The quantitative estimate of drug-likeness (QED) is 0.845. The lowest BCUT2D eigenvalue weighted by Crippen LogP contribution is -2.30. The van der Waals surface area contributed by atoms with Crippen molar-refractivity contribution >= 4 is 5.91 Å². The molecule has 3 atom stereocenters. The molecule has 1 aliphatic heterocycles. The predicted molar refractivity (Wildman–Crippen MR) is 90.4 cm³/mol. The van der Waals surface area contributed by atoms with Gasteiger partial charge in [0.05, 0.1) is 12.2 Å². The molecule has 0 bridgehead atoms. The second-order valence-corrected chi connectivity index (χ2v) is 7.32. The molecule has 1 saturated carbocycles. The third kappa shape index (κ3) is 2.99. The Labute approximate surface area is 142 Å². The number of rotatable bonds is 5. The highest BCUT2D eigenvalue weighted by Crippen LogP contribution is 2.47. The minimum absolute atomic E-state index is 0.186. The summed E-state index contributed by atoms with van der Waals surface area (Å²) in [5.74, 6) is 3.60. The topological polar surface area (TPSA) is 51.3 Å². The average Bonchev–Trinajstić information content (AvgIpc) is 3.03. The Morgan fingerprint density at radius 3 is 2.96 bits per heavy atom. The number of amides is 1. The molecule has 128 valence electrons. The van der Waals surface area contributed by atoms with Crippen molar-refractivity contribution < 1.29 is 9.21 Å². The third-order valence-electron chi connectivity index (χ3n) is 5.43. The first-order valence-corrected chi connectivity index (χ1v) is 8.98. The summed E-state index contributed by atoms with van der Waals surface area (Å²) in [6.45, 7) is 3.10. The molecule has 0 aromatic carbocycles. The number of aromatic nitrogens is 2. The second-order valence-electron chi connectivity index (χ2n) is 7.32. The molecule has 1 saturated heterocycles. The van der Waals surface area contributed by atoms with E-state index in [0.29, 0.717) is 18.8 Å². The van der Waals surface area contributed by atoms with Crippen molar-refractivity contribution in [2.45, 2.75) is 51.0 Å². The van der Waals surface area contributed by atoms with E-state index in [2.05, 4.69) is 18.1 Å². The highest BCUT2D eigenvalue weighted by Gasteiger charge is 2.36. The molecular weight excluding hydrogens is 302 g/mol. The van der Waals surface area contributed by atoms with Crippen LogP contribution in [0, 0.1) is 5.92 Å². The van der Waals surface area contributed by atoms with E-state index in [1.807, 2.05) is 30.4 Å². The Balaban J connectivity index is 1.36. The molecule has 5 heteroatoms. The summed E-state index contributed by atoms with van der Waals surface area (Å²) >= 11 is 0. The number of nitrogens with zero attached hydrogens (tertiary/aromatic N) is 3. The molecule has 1 amide bonds. The van der Waals surface area contributed by atoms with Gasteiger partial charge >= 0.3 is 0 Å². The molecule has 0 unspecified atom stereocenters. The molecule has 2 fully saturated rings. The van der Waals surface area contributed by atoms with Gasteiger partial charge in [-0.2, -0.15) is 5.10 Å². The summed E-state index contributed by atoms with van der Waals surface area (Å²) in [5.41, 5.74) is 1.14. The van der Waals surface area contributed by atoms with Crippen molar-refractivity contribution in [1.29, 1.82) is 0 Å². The maximum absolute atomic E-state index is 12.7. The molecule has 0 N–H and O–H groups in total. The summed E-state index contributed by atoms with van der Waals surface area (Å²) in [7, 11) is 1.92. The highest BCUT2D eigenvalue weighted by molar-refractivity contribution is 5.77. The molecule has 0 radical (unpaired) electrons. The van der Waals surface area contributed by atoms with Crippen LogP contribution in [-0.4, -0.2) is 27.1 Å². The van der Waals surface area contributed by atoms with Gasteiger partial charge in [-0.1, -0.05) is 6.92 Å². The van der Waals surface area contributed by atoms with Gasteiger partial charge in [0, 0.05) is 44.1 Å². The standard InChI is InChI=1S/C19H25N3O2/c1-13-10-16(13)18-7-5-15(24-18)6-8-19(23)22-9-3-4-17(22)14-11-20-21(2)12-14/h5,7,11-13,16-17H,3-4,6,8-10H2,1-2H3/t13-,16+,17+/m1/s1. The Morgan fingerprint density at radius 1 is 1.42 bits per heavy atom. The van der Waals surface area contributed by atoms with Crippen LogP contribution in [0.4, 0.5) is 0 Å². The fraction of sp³-hybridized carbons (Fsp3) is 0.579. The maximum Gasteiger partial charge on any atom is 0.223 e. The van der Waals surface area contributed by atoms with E-state index in [1.54, 1.807) is 4.68 Å². The first-order valence-electron chi connectivity index (χ1n) is 8.98. The van der Waals surface area contributed by atoms with Crippen molar-refractivity contribution in [3.8, 4) is 0 Å². The molecule has 0 spiro atoms. The lowest BCUT2D eigenvalue weighted by atomic mass is 10.1.